The fraction of sp³-hybridized carbons (Fsp3) is 0.360. The highest BCUT2D eigenvalue weighted by molar-refractivity contribution is 7.08. The maximum absolute atomic E-state index is 3.99. The second kappa shape index (κ2) is 8.20. The van der Waals surface area contributed by atoms with Gasteiger partial charge in [0.1, 0.15) is 0 Å². The standard InChI is InChI=1S/C25H28N2S/c1-3-7-19(8-4-1)17-26-24-21-11-14-27(15-12-21)25(24)23(22-13-16-28-18-22)20-9-5-2-6-10-20/h1-10,13,16,18,21,23-26H,11-12,14-15,17H2/t23?,24-,25+/m1/s1. The van der Waals surface area contributed by atoms with E-state index in [1.165, 1.54) is 42.6 Å². The van der Waals surface area contributed by atoms with Crippen LogP contribution < -0.4 is 5.32 Å². The molecule has 3 aromatic rings. The van der Waals surface area contributed by atoms with Crippen molar-refractivity contribution in [1.82, 2.24) is 10.2 Å². The Balaban J connectivity index is 1.48. The Hall–Kier alpha value is -1.94. The number of thiophene rings is 1. The molecular formula is C25H28N2S. The van der Waals surface area contributed by atoms with Crippen molar-refractivity contribution < 1.29 is 0 Å². The molecule has 4 heterocycles. The Bertz CT molecular complexity index is 854. The lowest BCUT2D eigenvalue weighted by Gasteiger charge is -2.54. The number of rotatable bonds is 6. The van der Waals surface area contributed by atoms with Crippen molar-refractivity contribution in [1.29, 1.82) is 0 Å². The van der Waals surface area contributed by atoms with Crippen molar-refractivity contribution >= 4 is 11.3 Å². The van der Waals surface area contributed by atoms with Gasteiger partial charge in [-0.2, -0.15) is 11.3 Å². The number of benzene rings is 2. The van der Waals surface area contributed by atoms with Crippen molar-refractivity contribution in [2.24, 2.45) is 5.92 Å². The average molecular weight is 389 g/mol. The summed E-state index contributed by atoms with van der Waals surface area (Å²) in [6.07, 6.45) is 2.65. The molecule has 2 aromatic carbocycles. The first kappa shape index (κ1) is 18.1. The van der Waals surface area contributed by atoms with Crippen LogP contribution in [0.15, 0.2) is 77.5 Å². The van der Waals surface area contributed by atoms with Crippen molar-refractivity contribution in [3.05, 3.63) is 94.2 Å². The van der Waals surface area contributed by atoms with E-state index >= 15 is 0 Å². The normalized spacial score (nSPS) is 27.6. The van der Waals surface area contributed by atoms with Crippen LogP contribution in [0, 0.1) is 5.92 Å². The molecule has 3 aliphatic heterocycles. The van der Waals surface area contributed by atoms with Crippen LogP contribution in [-0.2, 0) is 6.54 Å². The van der Waals surface area contributed by atoms with E-state index in [0.29, 0.717) is 18.0 Å². The zero-order valence-electron chi connectivity index (χ0n) is 16.2. The molecule has 3 fully saturated rings. The van der Waals surface area contributed by atoms with Gasteiger partial charge in [0.2, 0.25) is 0 Å². The van der Waals surface area contributed by atoms with Gasteiger partial charge in [-0.05, 0) is 65.4 Å². The summed E-state index contributed by atoms with van der Waals surface area (Å²) >= 11 is 1.82. The number of hydrogen-bond acceptors (Lipinski definition) is 3. The topological polar surface area (TPSA) is 15.3 Å². The first-order valence-corrected chi connectivity index (χ1v) is 11.4. The van der Waals surface area contributed by atoms with E-state index in [9.17, 15) is 0 Å². The van der Waals surface area contributed by atoms with Crippen LogP contribution in [0.5, 0.6) is 0 Å². The van der Waals surface area contributed by atoms with Crippen LogP contribution in [-0.4, -0.2) is 30.1 Å². The smallest absolute Gasteiger partial charge is 0.0361 e. The average Bonchev–Trinajstić information content (AvgIpc) is 3.30. The molecule has 1 N–H and O–H groups in total. The molecule has 2 bridgehead atoms. The van der Waals surface area contributed by atoms with Crippen molar-refractivity contribution in [3.8, 4) is 0 Å². The van der Waals surface area contributed by atoms with Crippen LogP contribution in [0.3, 0.4) is 0 Å². The molecule has 1 aromatic heterocycles. The van der Waals surface area contributed by atoms with Gasteiger partial charge in [0.25, 0.3) is 0 Å². The van der Waals surface area contributed by atoms with Gasteiger partial charge in [0.05, 0.1) is 0 Å². The molecule has 144 valence electrons. The Kier molecular flexibility index (Phi) is 5.30. The molecule has 0 aliphatic carbocycles. The van der Waals surface area contributed by atoms with Crippen molar-refractivity contribution in [2.45, 2.75) is 37.4 Å². The van der Waals surface area contributed by atoms with Gasteiger partial charge < -0.3 is 5.32 Å². The Morgan fingerprint density at radius 1 is 0.893 bits per heavy atom. The Morgan fingerprint density at radius 3 is 2.29 bits per heavy atom. The summed E-state index contributed by atoms with van der Waals surface area (Å²) in [4.78, 5) is 2.76. The number of fused-ring (bicyclic) bond motifs is 3. The van der Waals surface area contributed by atoms with Crippen LogP contribution in [0.25, 0.3) is 0 Å². The molecule has 2 nitrogen and oxygen atoms in total. The lowest BCUT2D eigenvalue weighted by Crippen LogP contribution is -2.64. The van der Waals surface area contributed by atoms with E-state index in [-0.39, 0.29) is 0 Å². The minimum atomic E-state index is 0.434. The fourth-order valence-electron chi connectivity index (χ4n) is 5.32. The Morgan fingerprint density at radius 2 is 1.61 bits per heavy atom. The zero-order chi connectivity index (χ0) is 18.8. The monoisotopic (exact) mass is 388 g/mol. The summed E-state index contributed by atoms with van der Waals surface area (Å²) in [5.41, 5.74) is 4.30. The van der Waals surface area contributed by atoms with Crippen LogP contribution >= 0.6 is 11.3 Å². The predicted octanol–water partition coefficient (Wildman–Crippen LogP) is 5.13. The van der Waals surface area contributed by atoms with E-state index < -0.39 is 0 Å². The third-order valence-electron chi connectivity index (χ3n) is 6.66. The largest absolute Gasteiger partial charge is 0.308 e. The van der Waals surface area contributed by atoms with Crippen molar-refractivity contribution in [3.63, 3.8) is 0 Å². The molecule has 0 spiro atoms. The maximum Gasteiger partial charge on any atom is 0.0361 e. The van der Waals surface area contributed by atoms with Crippen LogP contribution in [0.2, 0.25) is 0 Å². The molecule has 6 rings (SSSR count). The van der Waals surface area contributed by atoms with Gasteiger partial charge in [-0.1, -0.05) is 60.7 Å². The molecule has 3 aliphatic rings. The lowest BCUT2D eigenvalue weighted by atomic mass is 9.71. The lowest BCUT2D eigenvalue weighted by molar-refractivity contribution is 0.00473. The van der Waals surface area contributed by atoms with Gasteiger partial charge >= 0.3 is 0 Å². The minimum Gasteiger partial charge on any atom is -0.308 e. The van der Waals surface area contributed by atoms with Gasteiger partial charge in [-0.15, -0.1) is 0 Å². The van der Waals surface area contributed by atoms with Crippen LogP contribution in [0.1, 0.15) is 35.4 Å². The van der Waals surface area contributed by atoms with E-state index in [4.69, 9.17) is 0 Å². The fourth-order valence-corrected chi connectivity index (χ4v) is 6.02. The van der Waals surface area contributed by atoms with E-state index in [0.717, 1.165) is 12.5 Å². The number of hydrogen-bond donors (Lipinski definition) is 1. The van der Waals surface area contributed by atoms with Gasteiger partial charge in [-0.25, -0.2) is 0 Å². The first-order chi connectivity index (χ1) is 13.9. The molecule has 3 atom stereocenters. The molecule has 0 radical (unpaired) electrons. The Labute approximate surface area is 172 Å². The predicted molar refractivity (Wildman–Crippen MR) is 118 cm³/mol. The zero-order valence-corrected chi connectivity index (χ0v) is 17.0. The summed E-state index contributed by atoms with van der Waals surface area (Å²) in [5, 5.41) is 8.58. The van der Waals surface area contributed by atoms with E-state index in [1.54, 1.807) is 0 Å². The highest BCUT2D eigenvalue weighted by Crippen LogP contribution is 2.42. The minimum absolute atomic E-state index is 0.434. The molecular weight excluding hydrogens is 360 g/mol. The number of nitrogens with zero attached hydrogens (tertiary/aromatic N) is 1. The number of nitrogens with one attached hydrogen (secondary N) is 1. The van der Waals surface area contributed by atoms with E-state index in [1.807, 2.05) is 11.3 Å². The molecule has 1 unspecified atom stereocenters. The highest BCUT2D eigenvalue weighted by atomic mass is 32.1. The van der Waals surface area contributed by atoms with Crippen molar-refractivity contribution in [2.75, 3.05) is 13.1 Å². The molecule has 28 heavy (non-hydrogen) atoms. The van der Waals surface area contributed by atoms with Gasteiger partial charge in [0, 0.05) is 24.5 Å². The first-order valence-electron chi connectivity index (χ1n) is 10.5. The summed E-state index contributed by atoms with van der Waals surface area (Å²) < 4.78 is 0. The second-order valence-electron chi connectivity index (χ2n) is 8.20. The number of piperidine rings is 3. The molecule has 3 saturated heterocycles. The van der Waals surface area contributed by atoms with Crippen LogP contribution in [0.4, 0.5) is 0 Å². The summed E-state index contributed by atoms with van der Waals surface area (Å²) in [6.45, 7) is 3.44. The van der Waals surface area contributed by atoms with Gasteiger partial charge in [0.15, 0.2) is 0 Å². The molecule has 0 saturated carbocycles. The quantitative estimate of drug-likeness (QED) is 0.629. The summed E-state index contributed by atoms with van der Waals surface area (Å²) in [6, 6.07) is 25.4. The molecule has 0 amide bonds. The molecule has 3 heteroatoms. The van der Waals surface area contributed by atoms with E-state index in [2.05, 4.69) is 87.7 Å². The third-order valence-corrected chi connectivity index (χ3v) is 7.36. The summed E-state index contributed by atoms with van der Waals surface area (Å²) in [7, 11) is 0. The SMILES string of the molecule is c1ccc(CN[C@@H]2C3CCN(CC3)[C@H]2C(c2ccccc2)c2ccsc2)cc1. The summed E-state index contributed by atoms with van der Waals surface area (Å²) in [5.74, 6) is 1.22. The third kappa shape index (κ3) is 3.55. The second-order valence-corrected chi connectivity index (χ2v) is 8.98. The highest BCUT2D eigenvalue weighted by Gasteiger charge is 2.46. The maximum atomic E-state index is 3.99. The van der Waals surface area contributed by atoms with Gasteiger partial charge in [-0.3, -0.25) is 4.90 Å².